The fraction of sp³-hybridized carbons (Fsp3) is 0.571. The lowest BCUT2D eigenvalue weighted by Gasteiger charge is -2.09. The van der Waals surface area contributed by atoms with Gasteiger partial charge in [-0.15, -0.1) is 0 Å². The van der Waals surface area contributed by atoms with Gasteiger partial charge in [0.15, 0.2) is 0 Å². The van der Waals surface area contributed by atoms with Gasteiger partial charge in [0.25, 0.3) is 0 Å². The predicted octanol–water partition coefficient (Wildman–Crippen LogP) is 3.19. The first kappa shape index (κ1) is 13.0. The van der Waals surface area contributed by atoms with Crippen molar-refractivity contribution in [3.8, 4) is 5.75 Å². The Balaban J connectivity index is 2.27. The Kier molecular flexibility index (Phi) is 5.94. The molecule has 1 rings (SSSR count). The summed E-state index contributed by atoms with van der Waals surface area (Å²) in [6.07, 6.45) is 1.06. The lowest BCUT2D eigenvalue weighted by Crippen LogP contribution is -2.16. The second kappa shape index (κ2) is 7.29. The minimum absolute atomic E-state index is 0.586. The highest BCUT2D eigenvalue weighted by atomic mass is 16.5. The molecular formula is C14H23NO. The Hall–Kier alpha value is -1.02. The molecule has 0 fully saturated rings. The van der Waals surface area contributed by atoms with Gasteiger partial charge in [-0.05, 0) is 43.1 Å². The third-order valence-electron chi connectivity index (χ3n) is 2.56. The van der Waals surface area contributed by atoms with Crippen LogP contribution in [0, 0.1) is 0 Å². The molecule has 0 bridgehead atoms. The molecule has 0 spiro atoms. The normalized spacial score (nSPS) is 10.8. The van der Waals surface area contributed by atoms with Crippen LogP contribution in [0.15, 0.2) is 24.3 Å². The van der Waals surface area contributed by atoms with Crippen molar-refractivity contribution in [1.29, 1.82) is 0 Å². The molecule has 2 nitrogen and oxygen atoms in total. The number of hydrogen-bond acceptors (Lipinski definition) is 2. The minimum Gasteiger partial charge on any atom is -0.494 e. The van der Waals surface area contributed by atoms with Crippen molar-refractivity contribution in [2.75, 3.05) is 19.7 Å². The van der Waals surface area contributed by atoms with Crippen LogP contribution < -0.4 is 10.1 Å². The number of nitrogens with one attached hydrogen (secondary N) is 1. The molecule has 1 N–H and O–H groups in total. The second-order valence-electron chi connectivity index (χ2n) is 4.28. The van der Waals surface area contributed by atoms with Gasteiger partial charge in [0.05, 0.1) is 6.61 Å². The van der Waals surface area contributed by atoms with Crippen LogP contribution in [0.25, 0.3) is 0 Å². The van der Waals surface area contributed by atoms with Crippen molar-refractivity contribution in [2.24, 2.45) is 0 Å². The van der Waals surface area contributed by atoms with E-state index in [4.69, 9.17) is 4.74 Å². The van der Waals surface area contributed by atoms with E-state index in [0.29, 0.717) is 5.92 Å². The van der Waals surface area contributed by atoms with Crippen LogP contribution in [0.5, 0.6) is 5.75 Å². The van der Waals surface area contributed by atoms with E-state index in [1.54, 1.807) is 0 Å². The molecule has 2 heteroatoms. The predicted molar refractivity (Wildman–Crippen MR) is 69.2 cm³/mol. The quantitative estimate of drug-likeness (QED) is 0.714. The van der Waals surface area contributed by atoms with Gasteiger partial charge in [-0.1, -0.05) is 32.9 Å². The number of ether oxygens (including phenoxy) is 1. The summed E-state index contributed by atoms with van der Waals surface area (Å²) in [5, 5.41) is 3.28. The van der Waals surface area contributed by atoms with Crippen LogP contribution in [-0.4, -0.2) is 19.7 Å². The average Bonchev–Trinajstić information content (AvgIpc) is 2.29. The van der Waals surface area contributed by atoms with E-state index < -0.39 is 0 Å². The summed E-state index contributed by atoms with van der Waals surface area (Å²) in [5.74, 6) is 1.56. The third-order valence-corrected chi connectivity index (χ3v) is 2.56. The first-order valence-corrected chi connectivity index (χ1v) is 6.17. The molecule has 0 heterocycles. The van der Waals surface area contributed by atoms with E-state index >= 15 is 0 Å². The second-order valence-corrected chi connectivity index (χ2v) is 4.28. The van der Waals surface area contributed by atoms with Crippen LogP contribution in [0.2, 0.25) is 0 Å². The van der Waals surface area contributed by atoms with Crippen molar-refractivity contribution in [1.82, 2.24) is 5.32 Å². The van der Waals surface area contributed by atoms with Gasteiger partial charge in [0.1, 0.15) is 5.75 Å². The van der Waals surface area contributed by atoms with Gasteiger partial charge < -0.3 is 10.1 Å². The largest absolute Gasteiger partial charge is 0.494 e. The molecule has 90 valence electrons. The molecule has 0 amide bonds. The van der Waals surface area contributed by atoms with E-state index in [2.05, 4.69) is 50.4 Å². The average molecular weight is 221 g/mol. The summed E-state index contributed by atoms with van der Waals surface area (Å²) in [6, 6.07) is 8.40. The molecule has 0 aliphatic carbocycles. The lowest BCUT2D eigenvalue weighted by atomic mass is 10.0. The van der Waals surface area contributed by atoms with Crippen molar-refractivity contribution in [3.63, 3.8) is 0 Å². The highest BCUT2D eigenvalue weighted by Gasteiger charge is 1.99. The Bertz CT molecular complexity index is 279. The van der Waals surface area contributed by atoms with Crippen molar-refractivity contribution in [3.05, 3.63) is 29.8 Å². The molecule has 0 radical (unpaired) electrons. The van der Waals surface area contributed by atoms with E-state index in [1.807, 2.05) is 0 Å². The van der Waals surface area contributed by atoms with Crippen LogP contribution in [0.1, 0.15) is 38.7 Å². The molecule has 0 aliphatic heterocycles. The smallest absolute Gasteiger partial charge is 0.119 e. The highest BCUT2D eigenvalue weighted by molar-refractivity contribution is 5.28. The molecule has 0 aliphatic rings. The van der Waals surface area contributed by atoms with Crippen LogP contribution in [-0.2, 0) is 0 Å². The van der Waals surface area contributed by atoms with Crippen LogP contribution in [0.4, 0.5) is 0 Å². The van der Waals surface area contributed by atoms with Gasteiger partial charge in [-0.2, -0.15) is 0 Å². The zero-order valence-corrected chi connectivity index (χ0v) is 10.6. The van der Waals surface area contributed by atoms with Crippen LogP contribution >= 0.6 is 0 Å². The number of benzene rings is 1. The van der Waals surface area contributed by atoms with Gasteiger partial charge in [-0.25, -0.2) is 0 Å². The Morgan fingerprint density at radius 1 is 1.19 bits per heavy atom. The molecular weight excluding hydrogens is 198 g/mol. The summed E-state index contributed by atoms with van der Waals surface area (Å²) in [6.45, 7) is 9.36. The molecule has 0 aromatic heterocycles. The van der Waals surface area contributed by atoms with Gasteiger partial charge >= 0.3 is 0 Å². The lowest BCUT2D eigenvalue weighted by molar-refractivity contribution is 0.308. The van der Waals surface area contributed by atoms with Gasteiger partial charge in [-0.3, -0.25) is 0 Å². The third kappa shape index (κ3) is 4.67. The molecule has 1 aromatic carbocycles. The highest BCUT2D eigenvalue weighted by Crippen LogP contribution is 2.18. The maximum absolute atomic E-state index is 5.65. The minimum atomic E-state index is 0.586. The Morgan fingerprint density at radius 3 is 2.44 bits per heavy atom. The van der Waals surface area contributed by atoms with Crippen molar-refractivity contribution >= 4 is 0 Å². The SMILES string of the molecule is CCNCCCOc1ccc(C(C)C)cc1. The molecule has 0 saturated carbocycles. The molecule has 0 atom stereocenters. The molecule has 16 heavy (non-hydrogen) atoms. The Morgan fingerprint density at radius 2 is 1.88 bits per heavy atom. The van der Waals surface area contributed by atoms with E-state index in [-0.39, 0.29) is 0 Å². The monoisotopic (exact) mass is 221 g/mol. The summed E-state index contributed by atoms with van der Waals surface area (Å²) >= 11 is 0. The molecule has 1 aromatic rings. The summed E-state index contributed by atoms with van der Waals surface area (Å²) in [7, 11) is 0. The Labute approximate surface area is 99.0 Å². The fourth-order valence-corrected chi connectivity index (χ4v) is 1.51. The standard InChI is InChI=1S/C14H23NO/c1-4-15-10-5-11-16-14-8-6-13(7-9-14)12(2)3/h6-9,12,15H,4-5,10-11H2,1-3H3. The topological polar surface area (TPSA) is 21.3 Å². The first-order chi connectivity index (χ1) is 7.74. The fourth-order valence-electron chi connectivity index (χ4n) is 1.51. The molecule has 0 saturated heterocycles. The zero-order valence-electron chi connectivity index (χ0n) is 10.6. The van der Waals surface area contributed by atoms with Crippen molar-refractivity contribution in [2.45, 2.75) is 33.1 Å². The number of hydrogen-bond donors (Lipinski definition) is 1. The van der Waals surface area contributed by atoms with E-state index in [0.717, 1.165) is 31.9 Å². The summed E-state index contributed by atoms with van der Waals surface area (Å²) in [5.41, 5.74) is 1.36. The van der Waals surface area contributed by atoms with Crippen molar-refractivity contribution < 1.29 is 4.74 Å². The van der Waals surface area contributed by atoms with Gasteiger partial charge in [0.2, 0.25) is 0 Å². The van der Waals surface area contributed by atoms with E-state index in [9.17, 15) is 0 Å². The summed E-state index contributed by atoms with van der Waals surface area (Å²) < 4.78 is 5.65. The van der Waals surface area contributed by atoms with Crippen LogP contribution in [0.3, 0.4) is 0 Å². The maximum atomic E-state index is 5.65. The zero-order chi connectivity index (χ0) is 11.8. The van der Waals surface area contributed by atoms with E-state index in [1.165, 1.54) is 5.56 Å². The molecule has 0 unspecified atom stereocenters. The maximum Gasteiger partial charge on any atom is 0.119 e. The number of rotatable bonds is 7. The first-order valence-electron chi connectivity index (χ1n) is 6.17. The summed E-state index contributed by atoms with van der Waals surface area (Å²) in [4.78, 5) is 0. The van der Waals surface area contributed by atoms with Gasteiger partial charge in [0, 0.05) is 0 Å².